The highest BCUT2D eigenvalue weighted by atomic mass is 16.1. The van der Waals surface area contributed by atoms with Gasteiger partial charge in [-0.15, -0.1) is 0 Å². The first-order chi connectivity index (χ1) is 8.15. The van der Waals surface area contributed by atoms with Gasteiger partial charge in [0.05, 0.1) is 17.4 Å². The van der Waals surface area contributed by atoms with Gasteiger partial charge >= 0.3 is 0 Å². The molecule has 0 aliphatic heterocycles. The first-order valence-corrected chi connectivity index (χ1v) is 5.76. The molecule has 1 rings (SSSR count). The number of aromatic nitrogens is 1. The van der Waals surface area contributed by atoms with E-state index >= 15 is 0 Å². The molecule has 5 heteroatoms. The van der Waals surface area contributed by atoms with Gasteiger partial charge < -0.3 is 15.5 Å². The molecule has 0 aliphatic rings. The van der Waals surface area contributed by atoms with Crippen molar-refractivity contribution in [2.45, 2.75) is 6.92 Å². The summed E-state index contributed by atoms with van der Waals surface area (Å²) in [6.07, 6.45) is 3.30. The Morgan fingerprint density at radius 1 is 1.47 bits per heavy atom. The number of hydrogen-bond donors (Lipinski definition) is 2. The average Bonchev–Trinajstić information content (AvgIpc) is 2.29. The maximum absolute atomic E-state index is 11.9. The fourth-order valence-corrected chi connectivity index (χ4v) is 1.41. The second-order valence-electron chi connectivity index (χ2n) is 4.01. The molecule has 0 saturated heterocycles. The van der Waals surface area contributed by atoms with Crippen molar-refractivity contribution >= 4 is 11.6 Å². The van der Waals surface area contributed by atoms with E-state index < -0.39 is 0 Å². The molecule has 1 aromatic rings. The van der Waals surface area contributed by atoms with Gasteiger partial charge in [0.1, 0.15) is 0 Å². The number of nitrogens with one attached hydrogen (secondary N) is 2. The number of carbonyl (C=O) groups is 1. The Morgan fingerprint density at radius 2 is 2.24 bits per heavy atom. The minimum atomic E-state index is -0.0646. The number of hydrogen-bond acceptors (Lipinski definition) is 4. The molecule has 17 heavy (non-hydrogen) atoms. The Kier molecular flexibility index (Phi) is 5.42. The van der Waals surface area contributed by atoms with Gasteiger partial charge in [0.15, 0.2) is 0 Å². The first-order valence-electron chi connectivity index (χ1n) is 5.76. The van der Waals surface area contributed by atoms with Crippen LogP contribution in [-0.4, -0.2) is 49.5 Å². The number of amides is 1. The van der Waals surface area contributed by atoms with Crippen molar-refractivity contribution < 1.29 is 4.79 Å². The van der Waals surface area contributed by atoms with Gasteiger partial charge in [-0.25, -0.2) is 0 Å². The Hall–Kier alpha value is -1.62. The van der Waals surface area contributed by atoms with Crippen LogP contribution in [0.2, 0.25) is 0 Å². The number of rotatable bonds is 6. The van der Waals surface area contributed by atoms with Gasteiger partial charge in [-0.3, -0.25) is 9.78 Å². The van der Waals surface area contributed by atoms with E-state index in [0.29, 0.717) is 12.1 Å². The highest BCUT2D eigenvalue weighted by Crippen LogP contribution is 2.12. The number of anilines is 1. The van der Waals surface area contributed by atoms with Crippen molar-refractivity contribution in [1.29, 1.82) is 0 Å². The predicted molar refractivity (Wildman–Crippen MR) is 69.3 cm³/mol. The van der Waals surface area contributed by atoms with Gasteiger partial charge in [-0.05, 0) is 27.1 Å². The van der Waals surface area contributed by atoms with E-state index in [1.165, 1.54) is 0 Å². The summed E-state index contributed by atoms with van der Waals surface area (Å²) in [5.74, 6) is -0.0646. The standard InChI is InChI=1S/C12H20N4O/c1-4-14-11-9-13-6-5-10(11)12(17)15-7-8-16(2)3/h5-6,9,14H,4,7-8H2,1-3H3,(H,15,17). The molecular weight excluding hydrogens is 216 g/mol. The molecule has 94 valence electrons. The van der Waals surface area contributed by atoms with Crippen molar-refractivity contribution in [3.05, 3.63) is 24.0 Å². The van der Waals surface area contributed by atoms with Crippen LogP contribution in [0.15, 0.2) is 18.5 Å². The van der Waals surface area contributed by atoms with Crippen molar-refractivity contribution in [2.24, 2.45) is 0 Å². The third-order valence-corrected chi connectivity index (χ3v) is 2.28. The molecule has 2 N–H and O–H groups in total. The zero-order valence-corrected chi connectivity index (χ0v) is 10.7. The fourth-order valence-electron chi connectivity index (χ4n) is 1.41. The lowest BCUT2D eigenvalue weighted by Crippen LogP contribution is -2.31. The third-order valence-electron chi connectivity index (χ3n) is 2.28. The van der Waals surface area contributed by atoms with Crippen LogP contribution in [0, 0.1) is 0 Å². The van der Waals surface area contributed by atoms with E-state index in [0.717, 1.165) is 18.8 Å². The molecule has 0 aromatic carbocycles. The molecule has 1 aromatic heterocycles. The third kappa shape index (κ3) is 4.40. The van der Waals surface area contributed by atoms with Gasteiger partial charge in [-0.2, -0.15) is 0 Å². The number of likely N-dealkylation sites (N-methyl/N-ethyl adjacent to an activating group) is 1. The van der Waals surface area contributed by atoms with Crippen LogP contribution >= 0.6 is 0 Å². The Labute approximate surface area is 102 Å². The highest BCUT2D eigenvalue weighted by Gasteiger charge is 2.09. The quantitative estimate of drug-likeness (QED) is 0.767. The van der Waals surface area contributed by atoms with E-state index in [2.05, 4.69) is 15.6 Å². The van der Waals surface area contributed by atoms with Crippen LogP contribution in [0.5, 0.6) is 0 Å². The first kappa shape index (κ1) is 13.4. The van der Waals surface area contributed by atoms with E-state index in [1.54, 1.807) is 18.5 Å². The Balaban J connectivity index is 2.61. The molecule has 0 atom stereocenters. The molecule has 0 saturated carbocycles. The molecule has 5 nitrogen and oxygen atoms in total. The fraction of sp³-hybridized carbons (Fsp3) is 0.500. The van der Waals surface area contributed by atoms with Gasteiger partial charge in [0.25, 0.3) is 5.91 Å². The molecule has 0 aliphatic carbocycles. The smallest absolute Gasteiger partial charge is 0.253 e. The van der Waals surface area contributed by atoms with Crippen molar-refractivity contribution in [3.8, 4) is 0 Å². The Bertz CT molecular complexity index is 365. The second kappa shape index (κ2) is 6.85. The lowest BCUT2D eigenvalue weighted by atomic mass is 10.2. The largest absolute Gasteiger partial charge is 0.383 e. The topological polar surface area (TPSA) is 57.3 Å². The SMILES string of the molecule is CCNc1cnccc1C(=O)NCCN(C)C. The number of nitrogens with zero attached hydrogens (tertiary/aromatic N) is 2. The summed E-state index contributed by atoms with van der Waals surface area (Å²) in [5, 5.41) is 6.00. The van der Waals surface area contributed by atoms with Crippen LogP contribution in [0.4, 0.5) is 5.69 Å². The normalized spacial score (nSPS) is 10.4. The molecular formula is C12H20N4O. The maximum Gasteiger partial charge on any atom is 0.253 e. The predicted octanol–water partition coefficient (Wildman–Crippen LogP) is 0.805. The van der Waals surface area contributed by atoms with Gasteiger partial charge in [-0.1, -0.05) is 0 Å². The van der Waals surface area contributed by atoms with E-state index in [1.807, 2.05) is 25.9 Å². The summed E-state index contributed by atoms with van der Waals surface area (Å²) in [6.45, 7) is 4.22. The summed E-state index contributed by atoms with van der Waals surface area (Å²) < 4.78 is 0. The summed E-state index contributed by atoms with van der Waals surface area (Å²) >= 11 is 0. The van der Waals surface area contributed by atoms with Crippen LogP contribution in [0.1, 0.15) is 17.3 Å². The second-order valence-corrected chi connectivity index (χ2v) is 4.01. The molecule has 1 amide bonds. The molecule has 0 spiro atoms. The minimum Gasteiger partial charge on any atom is -0.383 e. The van der Waals surface area contributed by atoms with E-state index in [9.17, 15) is 4.79 Å². The lowest BCUT2D eigenvalue weighted by Gasteiger charge is -2.12. The lowest BCUT2D eigenvalue weighted by molar-refractivity contribution is 0.0951. The Morgan fingerprint density at radius 3 is 2.88 bits per heavy atom. The van der Waals surface area contributed by atoms with Gasteiger partial charge in [0, 0.05) is 25.8 Å². The zero-order chi connectivity index (χ0) is 12.7. The maximum atomic E-state index is 11.9. The van der Waals surface area contributed by atoms with Crippen molar-refractivity contribution in [1.82, 2.24) is 15.2 Å². The van der Waals surface area contributed by atoms with E-state index in [-0.39, 0.29) is 5.91 Å². The van der Waals surface area contributed by atoms with Crippen molar-refractivity contribution in [3.63, 3.8) is 0 Å². The average molecular weight is 236 g/mol. The van der Waals surface area contributed by atoms with Crippen LogP contribution in [-0.2, 0) is 0 Å². The molecule has 1 heterocycles. The van der Waals surface area contributed by atoms with Crippen molar-refractivity contribution in [2.75, 3.05) is 39.0 Å². The highest BCUT2D eigenvalue weighted by molar-refractivity contribution is 5.99. The van der Waals surface area contributed by atoms with Crippen LogP contribution in [0.3, 0.4) is 0 Å². The van der Waals surface area contributed by atoms with Crippen LogP contribution in [0.25, 0.3) is 0 Å². The number of pyridine rings is 1. The summed E-state index contributed by atoms with van der Waals surface area (Å²) in [5.41, 5.74) is 1.41. The molecule has 0 fully saturated rings. The molecule has 0 radical (unpaired) electrons. The monoisotopic (exact) mass is 236 g/mol. The summed E-state index contributed by atoms with van der Waals surface area (Å²) in [6, 6.07) is 1.73. The minimum absolute atomic E-state index is 0.0646. The van der Waals surface area contributed by atoms with Gasteiger partial charge in [0.2, 0.25) is 0 Å². The summed E-state index contributed by atoms with van der Waals surface area (Å²) in [4.78, 5) is 18.0. The zero-order valence-electron chi connectivity index (χ0n) is 10.7. The van der Waals surface area contributed by atoms with E-state index in [4.69, 9.17) is 0 Å². The van der Waals surface area contributed by atoms with Crippen LogP contribution < -0.4 is 10.6 Å². The summed E-state index contributed by atoms with van der Waals surface area (Å²) in [7, 11) is 3.95. The number of carbonyl (C=O) groups excluding carboxylic acids is 1. The molecule has 0 bridgehead atoms. The molecule has 0 unspecified atom stereocenters.